The molecule has 7 nitrogen and oxygen atoms in total. The van der Waals surface area contributed by atoms with E-state index in [4.69, 9.17) is 4.74 Å². The number of H-pyrrole nitrogens is 1. The predicted octanol–water partition coefficient (Wildman–Crippen LogP) is 5.63. The molecule has 5 rings (SSSR count). The number of nitrogens with one attached hydrogen (secondary N) is 2. The molecule has 0 bridgehead atoms. The van der Waals surface area contributed by atoms with E-state index in [1.165, 1.54) is 6.07 Å². The highest BCUT2D eigenvalue weighted by atomic mass is 19.1. The molecule has 0 saturated heterocycles. The van der Waals surface area contributed by atoms with E-state index in [9.17, 15) is 14.4 Å². The molecule has 4 aromatic carbocycles. The highest BCUT2D eigenvalue weighted by molar-refractivity contribution is 6.02. The zero-order valence-electron chi connectivity index (χ0n) is 19.5. The molecular formula is C29H20FN5O2. The zero-order valence-corrected chi connectivity index (χ0v) is 19.5. The Morgan fingerprint density at radius 1 is 1.00 bits per heavy atom. The predicted molar refractivity (Wildman–Crippen MR) is 141 cm³/mol. The first-order valence-corrected chi connectivity index (χ1v) is 11.4. The van der Waals surface area contributed by atoms with Crippen LogP contribution in [0.4, 0.5) is 10.3 Å². The van der Waals surface area contributed by atoms with Crippen LogP contribution in [-0.4, -0.2) is 16.2 Å². The highest BCUT2D eigenvalue weighted by Gasteiger charge is 2.13. The van der Waals surface area contributed by atoms with Crippen molar-refractivity contribution in [2.24, 2.45) is 5.10 Å². The van der Waals surface area contributed by atoms with E-state index in [1.807, 2.05) is 42.5 Å². The number of hydrogen-bond donors (Lipinski definition) is 2. The summed E-state index contributed by atoms with van der Waals surface area (Å²) in [6.45, 7) is 0.0458. The second kappa shape index (κ2) is 10.5. The van der Waals surface area contributed by atoms with Crippen LogP contribution >= 0.6 is 0 Å². The van der Waals surface area contributed by atoms with Crippen LogP contribution in [-0.2, 0) is 6.61 Å². The quantitative estimate of drug-likeness (QED) is 0.228. The van der Waals surface area contributed by atoms with E-state index in [2.05, 4.69) is 20.5 Å². The van der Waals surface area contributed by atoms with Gasteiger partial charge in [-0.2, -0.15) is 10.4 Å². The standard InChI is InChI=1S/C29H20FN5O2/c30-25-13-7-5-11-21(25)18-37-26-15-14-19-8-4-6-12-22(19)24(26)17-32-35-29-33-27(20-9-2-1-3-10-20)23(16-31)28(36)34-29/h1-15,17H,18H2,(H2,33,34,35,36). The van der Waals surface area contributed by atoms with Crippen molar-refractivity contribution in [1.29, 1.82) is 5.26 Å². The normalized spacial score (nSPS) is 10.9. The minimum Gasteiger partial charge on any atom is -0.488 e. The summed E-state index contributed by atoms with van der Waals surface area (Å²) in [4.78, 5) is 19.5. The molecule has 0 atom stereocenters. The minimum absolute atomic E-state index is 0.0458. The molecule has 0 aliphatic carbocycles. The monoisotopic (exact) mass is 489 g/mol. The van der Waals surface area contributed by atoms with Gasteiger partial charge in [-0.05, 0) is 22.9 Å². The summed E-state index contributed by atoms with van der Waals surface area (Å²) in [6, 6.07) is 28.8. The van der Waals surface area contributed by atoms with E-state index in [-0.39, 0.29) is 29.6 Å². The lowest BCUT2D eigenvalue weighted by molar-refractivity contribution is 0.300. The van der Waals surface area contributed by atoms with Crippen molar-refractivity contribution >= 4 is 22.9 Å². The third-order valence-corrected chi connectivity index (χ3v) is 5.71. The van der Waals surface area contributed by atoms with Gasteiger partial charge in [0.05, 0.1) is 11.9 Å². The molecule has 0 unspecified atom stereocenters. The summed E-state index contributed by atoms with van der Waals surface area (Å²) in [7, 11) is 0. The molecule has 0 aliphatic rings. The fourth-order valence-corrected chi connectivity index (χ4v) is 3.90. The van der Waals surface area contributed by atoms with Crippen LogP contribution in [0, 0.1) is 17.1 Å². The fraction of sp³-hybridized carbons (Fsp3) is 0.0345. The van der Waals surface area contributed by atoms with Crippen LogP contribution in [0.5, 0.6) is 5.75 Å². The maximum atomic E-state index is 14.1. The van der Waals surface area contributed by atoms with E-state index >= 15 is 0 Å². The molecule has 1 heterocycles. The number of fused-ring (bicyclic) bond motifs is 1. The first-order chi connectivity index (χ1) is 18.1. The maximum Gasteiger partial charge on any atom is 0.270 e. The molecule has 0 amide bonds. The van der Waals surface area contributed by atoms with Gasteiger partial charge in [0.2, 0.25) is 5.95 Å². The number of rotatable bonds is 7. The van der Waals surface area contributed by atoms with Crippen molar-refractivity contribution in [2.45, 2.75) is 6.61 Å². The summed E-state index contributed by atoms with van der Waals surface area (Å²) in [5.41, 5.74) is 4.08. The lowest BCUT2D eigenvalue weighted by Crippen LogP contribution is -2.16. The Morgan fingerprint density at radius 3 is 2.57 bits per heavy atom. The van der Waals surface area contributed by atoms with Crippen LogP contribution in [0.1, 0.15) is 16.7 Å². The zero-order chi connectivity index (χ0) is 25.6. The third kappa shape index (κ3) is 5.06. The molecule has 0 saturated carbocycles. The Bertz CT molecular complexity index is 1710. The lowest BCUT2D eigenvalue weighted by Gasteiger charge is -2.12. The van der Waals surface area contributed by atoms with E-state index in [0.717, 1.165) is 10.8 Å². The molecule has 1 aromatic heterocycles. The van der Waals surface area contributed by atoms with Gasteiger partial charge >= 0.3 is 0 Å². The molecule has 180 valence electrons. The highest BCUT2D eigenvalue weighted by Crippen LogP contribution is 2.28. The molecule has 0 fully saturated rings. The maximum absolute atomic E-state index is 14.1. The van der Waals surface area contributed by atoms with E-state index < -0.39 is 5.56 Å². The van der Waals surface area contributed by atoms with Crippen molar-refractivity contribution in [1.82, 2.24) is 9.97 Å². The molecule has 37 heavy (non-hydrogen) atoms. The van der Waals surface area contributed by atoms with Crippen molar-refractivity contribution in [2.75, 3.05) is 5.43 Å². The van der Waals surface area contributed by atoms with Gasteiger partial charge in [-0.3, -0.25) is 9.78 Å². The second-order valence-corrected chi connectivity index (χ2v) is 8.06. The van der Waals surface area contributed by atoms with Crippen LogP contribution in [0.15, 0.2) is 101 Å². The first kappa shape index (κ1) is 23.5. The molecule has 0 radical (unpaired) electrons. The summed E-state index contributed by atoms with van der Waals surface area (Å²) in [5.74, 6) is 0.247. The smallest absolute Gasteiger partial charge is 0.270 e. The van der Waals surface area contributed by atoms with Crippen molar-refractivity contribution in [3.63, 3.8) is 0 Å². The summed E-state index contributed by atoms with van der Waals surface area (Å²) >= 11 is 0. The van der Waals surface area contributed by atoms with Gasteiger partial charge in [0.15, 0.2) is 0 Å². The van der Waals surface area contributed by atoms with E-state index in [0.29, 0.717) is 22.4 Å². The molecule has 0 spiro atoms. The Balaban J connectivity index is 1.47. The van der Waals surface area contributed by atoms with Gasteiger partial charge in [-0.1, -0.05) is 78.9 Å². The topological polar surface area (TPSA) is 103 Å². The number of hydrogen-bond acceptors (Lipinski definition) is 6. The van der Waals surface area contributed by atoms with Gasteiger partial charge in [0.25, 0.3) is 5.56 Å². The molecule has 5 aromatic rings. The van der Waals surface area contributed by atoms with Gasteiger partial charge in [0.1, 0.15) is 29.8 Å². The largest absolute Gasteiger partial charge is 0.488 e. The van der Waals surface area contributed by atoms with Crippen LogP contribution in [0.3, 0.4) is 0 Å². The van der Waals surface area contributed by atoms with Crippen LogP contribution < -0.4 is 15.7 Å². The number of aromatic nitrogens is 2. The molecule has 0 aliphatic heterocycles. The van der Waals surface area contributed by atoms with Crippen LogP contribution in [0.25, 0.3) is 22.0 Å². The first-order valence-electron chi connectivity index (χ1n) is 11.4. The Morgan fingerprint density at radius 2 is 1.76 bits per heavy atom. The summed E-state index contributed by atoms with van der Waals surface area (Å²) in [5, 5.41) is 15.6. The number of aromatic amines is 1. The van der Waals surface area contributed by atoms with Crippen molar-refractivity contribution in [3.8, 4) is 23.1 Å². The minimum atomic E-state index is -0.576. The Kier molecular flexibility index (Phi) is 6.68. The number of ether oxygens (including phenoxy) is 1. The second-order valence-electron chi connectivity index (χ2n) is 8.06. The van der Waals surface area contributed by atoms with Crippen molar-refractivity contribution < 1.29 is 9.13 Å². The summed E-state index contributed by atoms with van der Waals surface area (Å²) < 4.78 is 20.1. The lowest BCUT2D eigenvalue weighted by atomic mass is 10.0. The van der Waals surface area contributed by atoms with Gasteiger partial charge in [-0.15, -0.1) is 0 Å². The average Bonchev–Trinajstić information content (AvgIpc) is 2.93. The Labute approximate surface area is 211 Å². The number of halogens is 1. The number of benzene rings is 4. The van der Waals surface area contributed by atoms with Crippen LogP contribution in [0.2, 0.25) is 0 Å². The number of anilines is 1. The van der Waals surface area contributed by atoms with E-state index in [1.54, 1.807) is 54.7 Å². The van der Waals surface area contributed by atoms with Crippen molar-refractivity contribution in [3.05, 3.63) is 124 Å². The number of hydrazone groups is 1. The summed E-state index contributed by atoms with van der Waals surface area (Å²) in [6.07, 6.45) is 1.55. The number of nitriles is 1. The average molecular weight is 490 g/mol. The fourth-order valence-electron chi connectivity index (χ4n) is 3.90. The third-order valence-electron chi connectivity index (χ3n) is 5.71. The van der Waals surface area contributed by atoms with Gasteiger partial charge in [-0.25, -0.2) is 14.8 Å². The molecular weight excluding hydrogens is 469 g/mol. The molecule has 2 N–H and O–H groups in total. The number of nitrogens with zero attached hydrogens (tertiary/aromatic N) is 3. The SMILES string of the molecule is N#Cc1c(-c2ccccc2)nc(NN=Cc2c(OCc3ccccc3F)ccc3ccccc23)[nH]c1=O. The molecule has 8 heteroatoms. The van der Waals surface area contributed by atoms with Gasteiger partial charge < -0.3 is 4.74 Å². The Hall–Kier alpha value is -5.29. The van der Waals surface area contributed by atoms with Gasteiger partial charge in [0, 0.05) is 16.7 Å².